The fourth-order valence-electron chi connectivity index (χ4n) is 1.92. The average molecular weight is 294 g/mol. The third-order valence-electron chi connectivity index (χ3n) is 2.77. The van der Waals surface area contributed by atoms with Crippen molar-refractivity contribution in [2.24, 2.45) is 5.73 Å². The molecule has 2 rings (SSSR count). The molecule has 0 amide bonds. The van der Waals surface area contributed by atoms with E-state index in [0.717, 1.165) is 28.0 Å². The summed E-state index contributed by atoms with van der Waals surface area (Å²) in [5.41, 5.74) is 8.25. The van der Waals surface area contributed by atoms with E-state index in [2.05, 4.69) is 44.5 Å². The molecule has 0 aliphatic heterocycles. The van der Waals surface area contributed by atoms with Crippen LogP contribution in [0.1, 0.15) is 31.3 Å². The second-order valence-corrected chi connectivity index (χ2v) is 4.97. The summed E-state index contributed by atoms with van der Waals surface area (Å²) in [6, 6.07) is 6.17. The Morgan fingerprint density at radius 3 is 2.88 bits per heavy atom. The summed E-state index contributed by atoms with van der Waals surface area (Å²) in [5, 5.41) is 0. The fraction of sp³-hybridized carbons (Fsp3) is 0.308. The van der Waals surface area contributed by atoms with Gasteiger partial charge in [0.25, 0.3) is 0 Å². The van der Waals surface area contributed by atoms with E-state index in [1.54, 1.807) is 0 Å². The smallest absolute Gasteiger partial charge is 0.112 e. The highest BCUT2D eigenvalue weighted by Gasteiger charge is 2.11. The molecule has 0 saturated heterocycles. The summed E-state index contributed by atoms with van der Waals surface area (Å²) in [6.45, 7) is 4.09. The van der Waals surface area contributed by atoms with Gasteiger partial charge in [0.05, 0.1) is 5.69 Å². The minimum Gasteiger partial charge on any atom is -0.324 e. The molecule has 4 heteroatoms. The first-order valence-corrected chi connectivity index (χ1v) is 6.50. The van der Waals surface area contributed by atoms with Gasteiger partial charge in [-0.3, -0.25) is 0 Å². The molecule has 0 aliphatic rings. The number of nitrogens with two attached hydrogens (primary N) is 1. The maximum Gasteiger partial charge on any atom is 0.112 e. The van der Waals surface area contributed by atoms with Gasteiger partial charge in [0.1, 0.15) is 5.82 Å². The third kappa shape index (κ3) is 2.42. The molecule has 0 bridgehead atoms. The Kier molecular flexibility index (Phi) is 3.64. The van der Waals surface area contributed by atoms with Gasteiger partial charge in [0.15, 0.2) is 0 Å². The zero-order valence-electron chi connectivity index (χ0n) is 10.0. The molecule has 0 saturated carbocycles. The quantitative estimate of drug-likeness (QED) is 0.944. The Morgan fingerprint density at radius 1 is 1.47 bits per heavy atom. The summed E-state index contributed by atoms with van der Waals surface area (Å²) in [7, 11) is 0. The van der Waals surface area contributed by atoms with E-state index in [1.165, 1.54) is 0 Å². The molecule has 90 valence electrons. The van der Waals surface area contributed by atoms with E-state index >= 15 is 0 Å². The molecule has 0 fully saturated rings. The van der Waals surface area contributed by atoms with Gasteiger partial charge in [0, 0.05) is 29.3 Å². The van der Waals surface area contributed by atoms with Gasteiger partial charge in [-0.1, -0.05) is 22.9 Å². The molecule has 3 nitrogen and oxygen atoms in total. The zero-order valence-corrected chi connectivity index (χ0v) is 11.6. The van der Waals surface area contributed by atoms with Crippen molar-refractivity contribution in [2.75, 3.05) is 0 Å². The highest BCUT2D eigenvalue weighted by Crippen LogP contribution is 2.25. The van der Waals surface area contributed by atoms with Crippen molar-refractivity contribution >= 4 is 15.9 Å². The van der Waals surface area contributed by atoms with Crippen LogP contribution in [0.5, 0.6) is 0 Å². The molecule has 1 aromatic carbocycles. The van der Waals surface area contributed by atoms with E-state index in [0.29, 0.717) is 0 Å². The number of nitrogens with zero attached hydrogens (tertiary/aromatic N) is 2. The number of hydrogen-bond acceptors (Lipinski definition) is 2. The van der Waals surface area contributed by atoms with Crippen LogP contribution in [-0.2, 0) is 6.42 Å². The van der Waals surface area contributed by atoms with Crippen LogP contribution in [-0.4, -0.2) is 9.55 Å². The first-order chi connectivity index (χ1) is 8.13. The standard InChI is InChI=1S/C13H16BrN3/c1-3-13-16-6-7-17(13)12-5-4-10(14)8-11(12)9(2)15/h4-9H,3,15H2,1-2H3. The second kappa shape index (κ2) is 5.02. The monoisotopic (exact) mass is 293 g/mol. The van der Waals surface area contributed by atoms with Gasteiger partial charge in [0.2, 0.25) is 0 Å². The summed E-state index contributed by atoms with van der Waals surface area (Å²) < 4.78 is 3.15. The van der Waals surface area contributed by atoms with Gasteiger partial charge in [-0.15, -0.1) is 0 Å². The van der Waals surface area contributed by atoms with Gasteiger partial charge in [-0.25, -0.2) is 4.98 Å². The van der Waals surface area contributed by atoms with Crippen LogP contribution in [0.2, 0.25) is 0 Å². The Morgan fingerprint density at radius 2 is 2.24 bits per heavy atom. The van der Waals surface area contributed by atoms with Crippen LogP contribution in [0.3, 0.4) is 0 Å². The molecule has 1 unspecified atom stereocenters. The van der Waals surface area contributed by atoms with Gasteiger partial charge in [-0.05, 0) is 30.7 Å². The van der Waals surface area contributed by atoms with Crippen molar-refractivity contribution in [3.05, 3.63) is 46.5 Å². The lowest BCUT2D eigenvalue weighted by molar-refractivity contribution is 0.791. The Balaban J connectivity index is 2.59. The highest BCUT2D eigenvalue weighted by atomic mass is 79.9. The molecule has 0 aliphatic carbocycles. The third-order valence-corrected chi connectivity index (χ3v) is 3.27. The lowest BCUT2D eigenvalue weighted by Gasteiger charge is -2.15. The van der Waals surface area contributed by atoms with Gasteiger partial charge >= 0.3 is 0 Å². The van der Waals surface area contributed by atoms with Crippen LogP contribution in [0.4, 0.5) is 0 Å². The molecule has 2 aromatic rings. The Hall–Kier alpha value is -1.13. The molecule has 17 heavy (non-hydrogen) atoms. The lowest BCUT2D eigenvalue weighted by Crippen LogP contribution is -2.11. The van der Waals surface area contributed by atoms with Crippen LogP contribution in [0.25, 0.3) is 5.69 Å². The minimum atomic E-state index is -0.00499. The van der Waals surface area contributed by atoms with Gasteiger partial charge < -0.3 is 10.3 Å². The largest absolute Gasteiger partial charge is 0.324 e. The van der Waals surface area contributed by atoms with Crippen LogP contribution in [0, 0.1) is 0 Å². The SMILES string of the molecule is CCc1nccn1-c1ccc(Br)cc1C(C)N. The number of hydrogen-bond donors (Lipinski definition) is 1. The van der Waals surface area contributed by atoms with Crippen molar-refractivity contribution in [1.82, 2.24) is 9.55 Å². The predicted octanol–water partition coefficient (Wildman–Crippen LogP) is 3.22. The summed E-state index contributed by atoms with van der Waals surface area (Å²) in [4.78, 5) is 4.34. The number of imidazole rings is 1. The van der Waals surface area contributed by atoms with E-state index in [-0.39, 0.29) is 6.04 Å². The van der Waals surface area contributed by atoms with Crippen molar-refractivity contribution in [3.8, 4) is 5.69 Å². The topological polar surface area (TPSA) is 43.8 Å². The second-order valence-electron chi connectivity index (χ2n) is 4.06. The molecule has 2 N–H and O–H groups in total. The molecule has 0 spiro atoms. The van der Waals surface area contributed by atoms with E-state index in [1.807, 2.05) is 25.4 Å². The normalized spacial score (nSPS) is 12.7. The first kappa shape index (κ1) is 12.3. The zero-order chi connectivity index (χ0) is 12.4. The molecular formula is C13H16BrN3. The number of rotatable bonds is 3. The van der Waals surface area contributed by atoms with E-state index < -0.39 is 0 Å². The van der Waals surface area contributed by atoms with Crippen LogP contribution in [0.15, 0.2) is 35.1 Å². The first-order valence-electron chi connectivity index (χ1n) is 5.71. The number of aromatic nitrogens is 2. The van der Waals surface area contributed by atoms with Crippen LogP contribution < -0.4 is 5.73 Å². The molecule has 1 aromatic heterocycles. The minimum absolute atomic E-state index is 0.00499. The number of aryl methyl sites for hydroxylation is 1. The summed E-state index contributed by atoms with van der Waals surface area (Å²) >= 11 is 3.48. The lowest BCUT2D eigenvalue weighted by atomic mass is 10.1. The van der Waals surface area contributed by atoms with Crippen molar-refractivity contribution in [2.45, 2.75) is 26.3 Å². The predicted molar refractivity (Wildman–Crippen MR) is 73.2 cm³/mol. The molecule has 1 atom stereocenters. The molecule has 0 radical (unpaired) electrons. The Labute approximate surface area is 110 Å². The highest BCUT2D eigenvalue weighted by molar-refractivity contribution is 9.10. The fourth-order valence-corrected chi connectivity index (χ4v) is 2.30. The number of halogens is 1. The van der Waals surface area contributed by atoms with Crippen molar-refractivity contribution < 1.29 is 0 Å². The molecular weight excluding hydrogens is 278 g/mol. The van der Waals surface area contributed by atoms with Crippen molar-refractivity contribution in [3.63, 3.8) is 0 Å². The average Bonchev–Trinajstić information content (AvgIpc) is 2.76. The Bertz CT molecular complexity index is 517. The summed E-state index contributed by atoms with van der Waals surface area (Å²) in [6.07, 6.45) is 4.71. The maximum absolute atomic E-state index is 6.03. The van der Waals surface area contributed by atoms with Crippen LogP contribution >= 0.6 is 15.9 Å². The van der Waals surface area contributed by atoms with E-state index in [9.17, 15) is 0 Å². The number of benzene rings is 1. The van der Waals surface area contributed by atoms with Gasteiger partial charge in [-0.2, -0.15) is 0 Å². The van der Waals surface area contributed by atoms with E-state index in [4.69, 9.17) is 5.73 Å². The maximum atomic E-state index is 6.03. The summed E-state index contributed by atoms with van der Waals surface area (Å²) in [5.74, 6) is 1.05. The van der Waals surface area contributed by atoms with Crippen molar-refractivity contribution in [1.29, 1.82) is 0 Å². The molecule has 1 heterocycles.